The zero-order valence-electron chi connectivity index (χ0n) is 13.7. The van der Waals surface area contributed by atoms with Crippen molar-refractivity contribution >= 4 is 18.3 Å². The predicted molar refractivity (Wildman–Crippen MR) is 94.0 cm³/mol. The van der Waals surface area contributed by atoms with Crippen molar-refractivity contribution in [2.45, 2.75) is 37.6 Å². The van der Waals surface area contributed by atoms with E-state index in [4.69, 9.17) is 4.74 Å². The Morgan fingerprint density at radius 2 is 1.91 bits per heavy atom. The van der Waals surface area contributed by atoms with Gasteiger partial charge in [-0.1, -0.05) is 30.3 Å². The number of methoxy groups -OCH3 is 1. The van der Waals surface area contributed by atoms with Gasteiger partial charge in [-0.05, 0) is 50.3 Å². The molecule has 1 saturated heterocycles. The van der Waals surface area contributed by atoms with Gasteiger partial charge < -0.3 is 15.4 Å². The van der Waals surface area contributed by atoms with Crippen molar-refractivity contribution in [3.63, 3.8) is 0 Å². The van der Waals surface area contributed by atoms with Crippen LogP contribution in [0.25, 0.3) is 0 Å². The number of piperidine rings is 1. The lowest BCUT2D eigenvalue weighted by atomic mass is 9.74. The summed E-state index contributed by atoms with van der Waals surface area (Å²) in [6, 6.07) is 10.9. The van der Waals surface area contributed by atoms with Crippen LogP contribution in [0.2, 0.25) is 0 Å². The minimum absolute atomic E-state index is 0. The van der Waals surface area contributed by atoms with Crippen LogP contribution in [0.3, 0.4) is 0 Å². The molecule has 1 aromatic carbocycles. The van der Waals surface area contributed by atoms with E-state index in [1.54, 1.807) is 7.11 Å². The van der Waals surface area contributed by atoms with Gasteiger partial charge >= 0.3 is 0 Å². The van der Waals surface area contributed by atoms with Crippen molar-refractivity contribution in [1.82, 2.24) is 10.6 Å². The highest BCUT2D eigenvalue weighted by Gasteiger charge is 2.42. The van der Waals surface area contributed by atoms with E-state index < -0.39 is 0 Å². The predicted octanol–water partition coefficient (Wildman–Crippen LogP) is 2.49. The van der Waals surface area contributed by atoms with E-state index in [2.05, 4.69) is 34.9 Å². The summed E-state index contributed by atoms with van der Waals surface area (Å²) in [5.41, 5.74) is 1.05. The number of rotatable bonds is 5. The molecule has 2 aliphatic rings. The molecule has 1 aliphatic carbocycles. The van der Waals surface area contributed by atoms with E-state index in [-0.39, 0.29) is 23.7 Å². The van der Waals surface area contributed by atoms with Crippen LogP contribution in [-0.4, -0.2) is 38.8 Å². The number of nitrogens with one attached hydrogen (secondary N) is 2. The van der Waals surface area contributed by atoms with Crippen molar-refractivity contribution in [2.75, 3.05) is 26.8 Å². The van der Waals surface area contributed by atoms with Gasteiger partial charge in [0.25, 0.3) is 0 Å². The van der Waals surface area contributed by atoms with Gasteiger partial charge in [-0.3, -0.25) is 4.79 Å². The molecule has 4 nitrogen and oxygen atoms in total. The molecule has 23 heavy (non-hydrogen) atoms. The van der Waals surface area contributed by atoms with E-state index in [9.17, 15) is 4.79 Å². The highest BCUT2D eigenvalue weighted by atomic mass is 35.5. The second-order valence-electron chi connectivity index (χ2n) is 6.71. The summed E-state index contributed by atoms with van der Waals surface area (Å²) in [6.07, 6.45) is 3.83. The standard InChI is InChI=1S/C18H26N2O2.ClH/c1-22-13-18(7-9-19-10-8-18)17(21)20-16-11-15(12-16)14-5-3-2-4-6-14;/h2-6,15-16,19H,7-13H2,1H3,(H,20,21);1H. The Morgan fingerprint density at radius 3 is 2.52 bits per heavy atom. The summed E-state index contributed by atoms with van der Waals surface area (Å²) in [6.45, 7) is 2.32. The maximum Gasteiger partial charge on any atom is 0.228 e. The van der Waals surface area contributed by atoms with Crippen LogP contribution in [0.4, 0.5) is 0 Å². The lowest BCUT2D eigenvalue weighted by molar-refractivity contribution is -0.137. The van der Waals surface area contributed by atoms with Crippen LogP contribution in [0.1, 0.15) is 37.2 Å². The summed E-state index contributed by atoms with van der Waals surface area (Å²) < 4.78 is 5.34. The van der Waals surface area contributed by atoms with E-state index >= 15 is 0 Å². The van der Waals surface area contributed by atoms with Crippen LogP contribution < -0.4 is 10.6 Å². The topological polar surface area (TPSA) is 50.4 Å². The molecule has 128 valence electrons. The Balaban J connectivity index is 0.00000192. The molecule has 1 saturated carbocycles. The number of hydrogen-bond donors (Lipinski definition) is 2. The number of ether oxygens (including phenoxy) is 1. The summed E-state index contributed by atoms with van der Waals surface area (Å²) in [4.78, 5) is 12.7. The third-order valence-corrected chi connectivity index (χ3v) is 5.21. The van der Waals surface area contributed by atoms with Crippen molar-refractivity contribution in [3.8, 4) is 0 Å². The SMILES string of the molecule is COCC1(C(=O)NC2CC(c3ccccc3)C2)CCNCC1.Cl. The smallest absolute Gasteiger partial charge is 0.228 e. The van der Waals surface area contributed by atoms with Crippen molar-refractivity contribution in [1.29, 1.82) is 0 Å². The highest BCUT2D eigenvalue weighted by molar-refractivity contribution is 5.85. The highest BCUT2D eigenvalue weighted by Crippen LogP contribution is 2.38. The summed E-state index contributed by atoms with van der Waals surface area (Å²) in [5, 5.41) is 6.59. The fourth-order valence-electron chi connectivity index (χ4n) is 3.69. The minimum Gasteiger partial charge on any atom is -0.384 e. The monoisotopic (exact) mass is 338 g/mol. The molecule has 5 heteroatoms. The minimum atomic E-state index is -0.335. The fraction of sp³-hybridized carbons (Fsp3) is 0.611. The molecule has 0 radical (unpaired) electrons. The Bertz CT molecular complexity index is 491. The third kappa shape index (κ3) is 4.06. The summed E-state index contributed by atoms with van der Waals surface area (Å²) in [5.74, 6) is 0.783. The largest absolute Gasteiger partial charge is 0.384 e. The number of benzene rings is 1. The first-order chi connectivity index (χ1) is 10.7. The van der Waals surface area contributed by atoms with Crippen LogP contribution in [0.5, 0.6) is 0 Å². The van der Waals surface area contributed by atoms with Gasteiger partial charge in [-0.2, -0.15) is 0 Å². The Labute approximate surface area is 144 Å². The molecule has 2 fully saturated rings. The molecule has 1 aliphatic heterocycles. The van der Waals surface area contributed by atoms with Crippen molar-refractivity contribution in [2.24, 2.45) is 5.41 Å². The average Bonchev–Trinajstić information content (AvgIpc) is 2.52. The average molecular weight is 339 g/mol. The Hall–Kier alpha value is -1.10. The number of halogens is 1. The number of amides is 1. The third-order valence-electron chi connectivity index (χ3n) is 5.21. The molecule has 1 heterocycles. The molecule has 0 unspecified atom stereocenters. The van der Waals surface area contributed by atoms with Gasteiger partial charge in [-0.15, -0.1) is 12.4 Å². The second-order valence-corrected chi connectivity index (χ2v) is 6.71. The molecule has 1 amide bonds. The number of hydrogen-bond acceptors (Lipinski definition) is 3. The van der Waals surface area contributed by atoms with Crippen LogP contribution >= 0.6 is 12.4 Å². The Kier molecular flexibility index (Phi) is 6.45. The first kappa shape index (κ1) is 18.2. The molecule has 0 bridgehead atoms. The molecular formula is C18H27ClN2O2. The molecule has 0 spiro atoms. The number of carbonyl (C=O) groups is 1. The summed E-state index contributed by atoms with van der Waals surface area (Å²) in [7, 11) is 1.69. The van der Waals surface area contributed by atoms with E-state index in [0.717, 1.165) is 38.8 Å². The van der Waals surface area contributed by atoms with Gasteiger partial charge in [0.2, 0.25) is 5.91 Å². The van der Waals surface area contributed by atoms with Gasteiger partial charge in [0, 0.05) is 13.2 Å². The van der Waals surface area contributed by atoms with E-state index in [1.807, 2.05) is 6.07 Å². The quantitative estimate of drug-likeness (QED) is 0.867. The molecule has 3 rings (SSSR count). The zero-order valence-corrected chi connectivity index (χ0v) is 14.5. The van der Waals surface area contributed by atoms with Crippen LogP contribution in [-0.2, 0) is 9.53 Å². The first-order valence-corrected chi connectivity index (χ1v) is 8.29. The normalized spacial score (nSPS) is 25.8. The van der Waals surface area contributed by atoms with Gasteiger partial charge in [0.05, 0.1) is 12.0 Å². The molecule has 0 atom stereocenters. The first-order valence-electron chi connectivity index (χ1n) is 8.29. The molecular weight excluding hydrogens is 312 g/mol. The molecule has 1 aromatic rings. The van der Waals surface area contributed by atoms with Gasteiger partial charge in [0.1, 0.15) is 0 Å². The zero-order chi connectivity index (χ0) is 15.4. The van der Waals surface area contributed by atoms with Crippen molar-refractivity contribution < 1.29 is 9.53 Å². The Morgan fingerprint density at radius 1 is 1.26 bits per heavy atom. The molecule has 0 aromatic heterocycles. The number of carbonyl (C=O) groups excluding carboxylic acids is 1. The van der Waals surface area contributed by atoms with E-state index in [1.165, 1.54) is 5.56 Å². The summed E-state index contributed by atoms with van der Waals surface area (Å²) >= 11 is 0. The maximum atomic E-state index is 12.7. The second kappa shape index (κ2) is 8.13. The van der Waals surface area contributed by atoms with E-state index in [0.29, 0.717) is 18.6 Å². The van der Waals surface area contributed by atoms with Gasteiger partial charge in [-0.25, -0.2) is 0 Å². The fourth-order valence-corrected chi connectivity index (χ4v) is 3.69. The molecule has 2 N–H and O–H groups in total. The van der Waals surface area contributed by atoms with Crippen LogP contribution in [0, 0.1) is 5.41 Å². The van der Waals surface area contributed by atoms with Gasteiger partial charge in [0.15, 0.2) is 0 Å². The lowest BCUT2D eigenvalue weighted by Crippen LogP contribution is -2.54. The lowest BCUT2D eigenvalue weighted by Gasteiger charge is -2.41. The van der Waals surface area contributed by atoms with Crippen molar-refractivity contribution in [3.05, 3.63) is 35.9 Å². The maximum absolute atomic E-state index is 12.7. The van der Waals surface area contributed by atoms with Crippen LogP contribution in [0.15, 0.2) is 30.3 Å².